The average Bonchev–Trinajstić information content (AvgIpc) is 3.24. The number of rotatable bonds is 8. The summed E-state index contributed by atoms with van der Waals surface area (Å²) >= 11 is 0. The molecule has 170 valence electrons. The number of ether oxygens (including phenoxy) is 1. The van der Waals surface area contributed by atoms with E-state index in [4.69, 9.17) is 4.74 Å². The first-order valence-corrected chi connectivity index (χ1v) is 11.0. The first-order valence-electron chi connectivity index (χ1n) is 11.0. The van der Waals surface area contributed by atoms with Crippen LogP contribution in [0.1, 0.15) is 35.2 Å². The van der Waals surface area contributed by atoms with Gasteiger partial charge < -0.3 is 15.2 Å². The minimum Gasteiger partial charge on any atom is -0.481 e. The zero-order chi connectivity index (χ0) is 23.4. The van der Waals surface area contributed by atoms with Gasteiger partial charge in [-0.3, -0.25) is 4.79 Å². The van der Waals surface area contributed by atoms with Crippen LogP contribution in [0.15, 0.2) is 60.7 Å². The lowest BCUT2D eigenvalue weighted by atomic mass is 10.0. The minimum atomic E-state index is -0.218. The molecule has 0 bridgehead atoms. The molecule has 1 aromatic heterocycles. The average molecular weight is 445 g/mol. The highest BCUT2D eigenvalue weighted by Crippen LogP contribution is 2.25. The van der Waals surface area contributed by atoms with E-state index in [1.807, 2.05) is 49.4 Å². The fraction of sp³-hybridized carbons (Fsp3) is 0.269. The molecule has 4 rings (SSSR count). The molecule has 0 saturated carbocycles. The number of hydrogen-bond acceptors (Lipinski definition) is 5. The summed E-state index contributed by atoms with van der Waals surface area (Å²) in [6.45, 7) is 5.98. The second-order valence-electron chi connectivity index (χ2n) is 8.18. The maximum Gasteiger partial charge on any atom is 0.258 e. The van der Waals surface area contributed by atoms with E-state index in [1.54, 1.807) is 6.07 Å². The van der Waals surface area contributed by atoms with Crippen LogP contribution in [0.25, 0.3) is 16.7 Å². The molecule has 1 amide bonds. The number of carbonyl (C=O) groups is 1. The third kappa shape index (κ3) is 5.21. The van der Waals surface area contributed by atoms with E-state index in [-0.39, 0.29) is 25.2 Å². The second kappa shape index (κ2) is 9.83. The molecular formula is C26H28N4O3. The van der Waals surface area contributed by atoms with Gasteiger partial charge >= 0.3 is 0 Å². The van der Waals surface area contributed by atoms with E-state index in [1.165, 1.54) is 15.9 Å². The number of aromatic nitrogens is 3. The van der Waals surface area contributed by atoms with E-state index < -0.39 is 0 Å². The largest absolute Gasteiger partial charge is 0.481 e. The van der Waals surface area contributed by atoms with Crippen LogP contribution in [-0.2, 0) is 11.2 Å². The van der Waals surface area contributed by atoms with Crippen LogP contribution in [0, 0.1) is 13.8 Å². The molecule has 1 unspecified atom stereocenters. The normalized spacial score (nSPS) is 12.0. The molecule has 0 radical (unpaired) electrons. The Bertz CT molecular complexity index is 1250. The summed E-state index contributed by atoms with van der Waals surface area (Å²) in [5.74, 6) is 0.274. The van der Waals surface area contributed by atoms with Crippen molar-refractivity contribution < 1.29 is 14.6 Å². The molecule has 7 nitrogen and oxygen atoms in total. The summed E-state index contributed by atoms with van der Waals surface area (Å²) in [5.41, 5.74) is 6.52. The SMILES string of the molecule is Cc1ccc(C(C)NC(=O)COc2ccc(CCO)cc2-n2nc3ccccc3n2)cc1C. The first-order chi connectivity index (χ1) is 15.9. The Morgan fingerprint density at radius 2 is 1.76 bits per heavy atom. The van der Waals surface area contributed by atoms with Gasteiger partial charge in [0, 0.05) is 6.61 Å². The quantitative estimate of drug-likeness (QED) is 0.431. The summed E-state index contributed by atoms with van der Waals surface area (Å²) in [5, 5.41) is 21.4. The lowest BCUT2D eigenvalue weighted by molar-refractivity contribution is -0.123. The summed E-state index contributed by atoms with van der Waals surface area (Å²) in [4.78, 5) is 14.1. The first kappa shape index (κ1) is 22.5. The van der Waals surface area contributed by atoms with Crippen molar-refractivity contribution in [2.75, 3.05) is 13.2 Å². The fourth-order valence-electron chi connectivity index (χ4n) is 3.64. The predicted octanol–water partition coefficient (Wildman–Crippen LogP) is 3.83. The van der Waals surface area contributed by atoms with Crippen LogP contribution in [0.4, 0.5) is 0 Å². The molecule has 0 aliphatic heterocycles. The molecule has 3 aromatic carbocycles. The number of nitrogens with one attached hydrogen (secondary N) is 1. The van der Waals surface area contributed by atoms with E-state index in [0.29, 0.717) is 17.9 Å². The number of amides is 1. The molecule has 7 heteroatoms. The highest BCUT2D eigenvalue weighted by atomic mass is 16.5. The summed E-state index contributed by atoms with van der Waals surface area (Å²) < 4.78 is 5.89. The van der Waals surface area contributed by atoms with Crippen molar-refractivity contribution in [1.82, 2.24) is 20.3 Å². The lowest BCUT2D eigenvalue weighted by Crippen LogP contribution is -2.31. The molecule has 1 atom stereocenters. The lowest BCUT2D eigenvalue weighted by Gasteiger charge is -2.17. The Morgan fingerprint density at radius 1 is 1.03 bits per heavy atom. The number of benzene rings is 3. The van der Waals surface area contributed by atoms with Gasteiger partial charge in [-0.25, -0.2) is 0 Å². The highest BCUT2D eigenvalue weighted by molar-refractivity contribution is 5.78. The predicted molar refractivity (Wildman–Crippen MR) is 128 cm³/mol. The fourth-order valence-corrected chi connectivity index (χ4v) is 3.64. The number of aliphatic hydroxyl groups excluding tert-OH is 1. The molecule has 1 heterocycles. The number of carbonyl (C=O) groups excluding carboxylic acids is 1. The van der Waals surface area contributed by atoms with E-state index in [0.717, 1.165) is 22.2 Å². The molecular weight excluding hydrogens is 416 g/mol. The Labute approximate surface area is 193 Å². The van der Waals surface area contributed by atoms with Crippen LogP contribution in [0.3, 0.4) is 0 Å². The van der Waals surface area contributed by atoms with Gasteiger partial charge in [-0.05, 0) is 73.7 Å². The van der Waals surface area contributed by atoms with E-state index >= 15 is 0 Å². The molecule has 0 aliphatic rings. The summed E-state index contributed by atoms with van der Waals surface area (Å²) in [6.07, 6.45) is 0.502. The van der Waals surface area contributed by atoms with Gasteiger partial charge in [-0.1, -0.05) is 36.4 Å². The summed E-state index contributed by atoms with van der Waals surface area (Å²) in [6, 6.07) is 19.2. The Balaban J connectivity index is 1.51. The topological polar surface area (TPSA) is 89.3 Å². The molecule has 0 aliphatic carbocycles. The Kier molecular flexibility index (Phi) is 6.70. The van der Waals surface area contributed by atoms with Gasteiger partial charge in [-0.15, -0.1) is 15.0 Å². The number of aryl methyl sites for hydroxylation is 2. The van der Waals surface area contributed by atoms with Crippen molar-refractivity contribution in [1.29, 1.82) is 0 Å². The van der Waals surface area contributed by atoms with Gasteiger partial charge in [0.05, 0.1) is 6.04 Å². The third-order valence-electron chi connectivity index (χ3n) is 5.69. The van der Waals surface area contributed by atoms with Gasteiger partial charge in [0.25, 0.3) is 5.91 Å². The maximum absolute atomic E-state index is 12.6. The number of fused-ring (bicyclic) bond motifs is 1. The van der Waals surface area contributed by atoms with Crippen molar-refractivity contribution in [3.05, 3.63) is 82.9 Å². The molecule has 0 fully saturated rings. The van der Waals surface area contributed by atoms with E-state index in [2.05, 4.69) is 41.5 Å². The number of hydrogen-bond donors (Lipinski definition) is 2. The molecule has 0 spiro atoms. The van der Waals surface area contributed by atoms with Crippen LogP contribution in [0.5, 0.6) is 5.75 Å². The monoisotopic (exact) mass is 444 g/mol. The minimum absolute atomic E-state index is 0.0347. The van der Waals surface area contributed by atoms with Gasteiger partial charge in [0.1, 0.15) is 22.5 Å². The van der Waals surface area contributed by atoms with Crippen molar-refractivity contribution in [3.63, 3.8) is 0 Å². The van der Waals surface area contributed by atoms with Crippen molar-refractivity contribution >= 4 is 16.9 Å². The molecule has 4 aromatic rings. The van der Waals surface area contributed by atoms with Gasteiger partial charge in [0.2, 0.25) is 0 Å². The molecule has 33 heavy (non-hydrogen) atoms. The summed E-state index contributed by atoms with van der Waals surface area (Å²) in [7, 11) is 0. The molecule has 0 saturated heterocycles. The van der Waals surface area contributed by atoms with Crippen LogP contribution >= 0.6 is 0 Å². The van der Waals surface area contributed by atoms with Gasteiger partial charge in [0.15, 0.2) is 6.61 Å². The van der Waals surface area contributed by atoms with Crippen molar-refractivity contribution in [2.24, 2.45) is 0 Å². The molecule has 2 N–H and O–H groups in total. The Morgan fingerprint density at radius 3 is 2.42 bits per heavy atom. The number of aliphatic hydroxyl groups is 1. The van der Waals surface area contributed by atoms with Crippen LogP contribution < -0.4 is 10.1 Å². The Hall–Kier alpha value is -3.71. The zero-order valence-corrected chi connectivity index (χ0v) is 19.1. The zero-order valence-electron chi connectivity index (χ0n) is 19.1. The van der Waals surface area contributed by atoms with Crippen LogP contribution in [0.2, 0.25) is 0 Å². The number of nitrogens with zero attached hydrogens (tertiary/aromatic N) is 3. The van der Waals surface area contributed by atoms with Gasteiger partial charge in [-0.2, -0.15) is 0 Å². The van der Waals surface area contributed by atoms with Crippen molar-refractivity contribution in [2.45, 2.75) is 33.2 Å². The second-order valence-corrected chi connectivity index (χ2v) is 8.18. The van der Waals surface area contributed by atoms with Crippen LogP contribution in [-0.4, -0.2) is 39.2 Å². The maximum atomic E-state index is 12.6. The van der Waals surface area contributed by atoms with Crippen molar-refractivity contribution in [3.8, 4) is 11.4 Å². The highest BCUT2D eigenvalue weighted by Gasteiger charge is 2.15. The van der Waals surface area contributed by atoms with E-state index in [9.17, 15) is 9.90 Å². The smallest absolute Gasteiger partial charge is 0.258 e. The third-order valence-corrected chi connectivity index (χ3v) is 5.69. The standard InChI is InChI=1S/C26H28N4O3/c1-17-8-10-21(14-18(17)2)19(3)27-26(32)16-33-25-11-9-20(12-13-31)15-24(25)30-28-22-6-4-5-7-23(22)29-30/h4-11,14-15,19,31H,12-13,16H2,1-3H3,(H,27,32).